The zero-order valence-electron chi connectivity index (χ0n) is 11.8. The second-order valence-corrected chi connectivity index (χ2v) is 6.82. The van der Waals surface area contributed by atoms with E-state index in [1.807, 2.05) is 0 Å². The molecule has 0 amide bonds. The van der Waals surface area contributed by atoms with E-state index in [-0.39, 0.29) is 5.41 Å². The molecule has 1 aromatic heterocycles. The number of nitrogens with zero attached hydrogens (tertiary/aromatic N) is 4. The molecule has 1 aliphatic carbocycles. The third kappa shape index (κ3) is 2.88. The van der Waals surface area contributed by atoms with Gasteiger partial charge in [-0.3, -0.25) is 0 Å². The maximum absolute atomic E-state index is 10.6. The molecule has 1 fully saturated rings. The second-order valence-electron chi connectivity index (χ2n) is 6.82. The molecule has 2 rings (SSSR count). The minimum atomic E-state index is -0.637. The van der Waals surface area contributed by atoms with Crippen molar-refractivity contribution < 1.29 is 5.11 Å². The first-order valence-electron chi connectivity index (χ1n) is 6.79. The van der Waals surface area contributed by atoms with Gasteiger partial charge in [0.05, 0.1) is 12.1 Å². The summed E-state index contributed by atoms with van der Waals surface area (Å²) < 4.78 is 1.77. The molecule has 1 aliphatic rings. The lowest BCUT2D eigenvalue weighted by Crippen LogP contribution is -2.39. The molecule has 1 saturated carbocycles. The fourth-order valence-corrected chi connectivity index (χ4v) is 2.58. The highest BCUT2D eigenvalue weighted by atomic mass is 16.3. The van der Waals surface area contributed by atoms with Crippen LogP contribution in [0.5, 0.6) is 0 Å². The molecule has 0 saturated heterocycles. The first kappa shape index (κ1) is 13.5. The van der Waals surface area contributed by atoms with Crippen LogP contribution < -0.4 is 0 Å². The summed E-state index contributed by atoms with van der Waals surface area (Å²) in [5.41, 5.74) is -0.732. The molecule has 0 aliphatic heterocycles. The molecule has 0 radical (unpaired) electrons. The van der Waals surface area contributed by atoms with Crippen molar-refractivity contribution in [1.29, 1.82) is 0 Å². The summed E-state index contributed by atoms with van der Waals surface area (Å²) in [6, 6.07) is 0. The van der Waals surface area contributed by atoms with Crippen LogP contribution >= 0.6 is 0 Å². The number of aromatic nitrogens is 4. The highest BCUT2D eigenvalue weighted by Crippen LogP contribution is 2.33. The van der Waals surface area contributed by atoms with Gasteiger partial charge in [0.1, 0.15) is 0 Å². The van der Waals surface area contributed by atoms with Crippen molar-refractivity contribution in [3.8, 4) is 0 Å². The fraction of sp³-hybridized carbons (Fsp3) is 0.923. The summed E-state index contributed by atoms with van der Waals surface area (Å²) in [5.74, 6) is 1.57. The molecule has 5 nitrogen and oxygen atoms in total. The van der Waals surface area contributed by atoms with Crippen molar-refractivity contribution in [3.63, 3.8) is 0 Å². The molecule has 0 aromatic carbocycles. The lowest BCUT2D eigenvalue weighted by atomic mass is 9.79. The monoisotopic (exact) mass is 252 g/mol. The van der Waals surface area contributed by atoms with E-state index < -0.39 is 5.60 Å². The molecule has 102 valence electrons. The third-order valence-corrected chi connectivity index (χ3v) is 3.85. The van der Waals surface area contributed by atoms with Gasteiger partial charge in [-0.15, -0.1) is 5.10 Å². The Morgan fingerprint density at radius 1 is 1.33 bits per heavy atom. The van der Waals surface area contributed by atoms with Crippen molar-refractivity contribution in [1.82, 2.24) is 20.2 Å². The van der Waals surface area contributed by atoms with E-state index in [0.717, 1.165) is 37.4 Å². The third-order valence-electron chi connectivity index (χ3n) is 3.85. The van der Waals surface area contributed by atoms with Crippen molar-refractivity contribution in [2.45, 2.75) is 70.9 Å². The molecule has 1 N–H and O–H groups in total. The Kier molecular flexibility index (Phi) is 3.45. The van der Waals surface area contributed by atoms with Gasteiger partial charge in [0.15, 0.2) is 5.82 Å². The number of aliphatic hydroxyl groups is 1. The van der Waals surface area contributed by atoms with Crippen molar-refractivity contribution >= 4 is 0 Å². The van der Waals surface area contributed by atoms with Crippen molar-refractivity contribution in [3.05, 3.63) is 5.82 Å². The van der Waals surface area contributed by atoms with E-state index in [4.69, 9.17) is 0 Å². The van der Waals surface area contributed by atoms with Gasteiger partial charge in [-0.1, -0.05) is 27.7 Å². The quantitative estimate of drug-likeness (QED) is 0.873. The Balaban J connectivity index is 2.12. The maximum atomic E-state index is 10.6. The number of tetrazole rings is 1. The van der Waals surface area contributed by atoms with E-state index in [1.54, 1.807) is 4.68 Å². The van der Waals surface area contributed by atoms with Crippen LogP contribution in [0.15, 0.2) is 0 Å². The smallest absolute Gasteiger partial charge is 0.156 e. The van der Waals surface area contributed by atoms with Gasteiger partial charge in [0, 0.05) is 5.41 Å². The largest absolute Gasteiger partial charge is 0.388 e. The highest BCUT2D eigenvalue weighted by molar-refractivity contribution is 5.00. The molecule has 1 aromatic rings. The summed E-state index contributed by atoms with van der Waals surface area (Å²) in [6.07, 6.45) is 3.86. The van der Waals surface area contributed by atoms with E-state index in [0.29, 0.717) is 6.54 Å². The predicted octanol–water partition coefficient (Wildman–Crippen LogP) is 1.91. The van der Waals surface area contributed by atoms with Crippen LogP contribution in [0, 0.1) is 5.92 Å². The Morgan fingerprint density at radius 2 is 1.94 bits per heavy atom. The normalized spacial score (nSPS) is 29.5. The highest BCUT2D eigenvalue weighted by Gasteiger charge is 2.34. The zero-order valence-corrected chi connectivity index (χ0v) is 11.8. The lowest BCUT2D eigenvalue weighted by Gasteiger charge is -2.35. The summed E-state index contributed by atoms with van der Waals surface area (Å²) in [6.45, 7) is 9.02. The molecule has 0 spiro atoms. The van der Waals surface area contributed by atoms with Crippen LogP contribution in [0.3, 0.4) is 0 Å². The number of hydrogen-bond acceptors (Lipinski definition) is 4. The van der Waals surface area contributed by atoms with Gasteiger partial charge in [0.2, 0.25) is 0 Å². The fourth-order valence-electron chi connectivity index (χ4n) is 2.58. The van der Waals surface area contributed by atoms with Crippen LogP contribution in [0.2, 0.25) is 0 Å². The van der Waals surface area contributed by atoms with Crippen LogP contribution in [-0.2, 0) is 12.0 Å². The van der Waals surface area contributed by atoms with E-state index in [1.165, 1.54) is 0 Å². The SMILES string of the molecule is CC1CCC(O)(Cn2nnnc2C(C)(C)C)CC1. The van der Waals surface area contributed by atoms with Crippen molar-refractivity contribution in [2.24, 2.45) is 5.92 Å². The standard InChI is InChI=1S/C13H24N4O/c1-10-5-7-13(18,8-6-10)9-17-11(12(2,3)4)14-15-16-17/h10,18H,5-9H2,1-4H3. The van der Waals surface area contributed by atoms with Gasteiger partial charge in [-0.25, -0.2) is 4.68 Å². The zero-order chi connectivity index (χ0) is 13.4. The van der Waals surface area contributed by atoms with Gasteiger partial charge in [-0.2, -0.15) is 0 Å². The van der Waals surface area contributed by atoms with Gasteiger partial charge < -0.3 is 5.11 Å². The number of rotatable bonds is 2. The summed E-state index contributed by atoms with van der Waals surface area (Å²) >= 11 is 0. The molecular weight excluding hydrogens is 228 g/mol. The predicted molar refractivity (Wildman–Crippen MR) is 69.1 cm³/mol. The molecule has 5 heteroatoms. The maximum Gasteiger partial charge on any atom is 0.156 e. The molecule has 0 atom stereocenters. The van der Waals surface area contributed by atoms with Crippen molar-refractivity contribution in [2.75, 3.05) is 0 Å². The molecular formula is C13H24N4O. The Morgan fingerprint density at radius 3 is 2.50 bits per heavy atom. The minimum Gasteiger partial charge on any atom is -0.388 e. The Bertz CT molecular complexity index is 399. The Labute approximate surface area is 109 Å². The molecule has 0 bridgehead atoms. The van der Waals surface area contributed by atoms with E-state index >= 15 is 0 Å². The van der Waals surface area contributed by atoms with Crippen LogP contribution in [0.1, 0.15) is 59.2 Å². The second kappa shape index (κ2) is 4.61. The first-order chi connectivity index (χ1) is 8.30. The molecule has 1 heterocycles. The van der Waals surface area contributed by atoms with Crippen LogP contribution in [0.4, 0.5) is 0 Å². The van der Waals surface area contributed by atoms with E-state index in [2.05, 4.69) is 43.2 Å². The van der Waals surface area contributed by atoms with E-state index in [9.17, 15) is 5.11 Å². The lowest BCUT2D eigenvalue weighted by molar-refractivity contribution is -0.0259. The molecule has 0 unspecified atom stereocenters. The van der Waals surface area contributed by atoms with Crippen LogP contribution in [0.25, 0.3) is 0 Å². The molecule has 18 heavy (non-hydrogen) atoms. The topological polar surface area (TPSA) is 63.8 Å². The summed E-state index contributed by atoms with van der Waals surface area (Å²) in [7, 11) is 0. The Hall–Kier alpha value is -0.970. The minimum absolute atomic E-state index is 0.0954. The summed E-state index contributed by atoms with van der Waals surface area (Å²) in [5, 5.41) is 22.5. The first-order valence-corrected chi connectivity index (χ1v) is 6.79. The van der Waals surface area contributed by atoms with Gasteiger partial charge in [-0.05, 0) is 42.0 Å². The van der Waals surface area contributed by atoms with Gasteiger partial charge in [0.25, 0.3) is 0 Å². The van der Waals surface area contributed by atoms with Gasteiger partial charge >= 0.3 is 0 Å². The number of hydrogen-bond donors (Lipinski definition) is 1. The average Bonchev–Trinajstić information content (AvgIpc) is 2.70. The average molecular weight is 252 g/mol. The summed E-state index contributed by atoms with van der Waals surface area (Å²) in [4.78, 5) is 0. The van der Waals surface area contributed by atoms with Crippen LogP contribution in [-0.4, -0.2) is 30.9 Å².